The number of rotatable bonds is 12. The number of hydrogen-bond acceptors (Lipinski definition) is 3. The number of amides is 2. The third-order valence-corrected chi connectivity index (χ3v) is 3.85. The van der Waals surface area contributed by atoms with Crippen molar-refractivity contribution in [1.29, 1.82) is 0 Å². The molecule has 0 fully saturated rings. The molecule has 0 aromatic heterocycles. The molecule has 0 atom stereocenters. The summed E-state index contributed by atoms with van der Waals surface area (Å²) >= 11 is 0. The van der Waals surface area contributed by atoms with Gasteiger partial charge in [0.1, 0.15) is 5.78 Å². The van der Waals surface area contributed by atoms with E-state index in [2.05, 4.69) is 12.2 Å². The van der Waals surface area contributed by atoms with E-state index in [9.17, 15) is 14.4 Å². The van der Waals surface area contributed by atoms with Crippen molar-refractivity contribution in [3.8, 4) is 0 Å². The summed E-state index contributed by atoms with van der Waals surface area (Å²) in [5.41, 5.74) is 5.99. The minimum atomic E-state index is -0.555. The maximum atomic E-state index is 11.9. The molecule has 2 amide bonds. The predicted octanol–water partition coefficient (Wildman–Crippen LogP) is 3.82. The highest BCUT2D eigenvalue weighted by atomic mass is 16.2. The Labute approximate surface area is 144 Å². The number of carbonyl (C=O) groups excluding carboxylic acids is 3. The number of benzene rings is 1. The molecule has 0 saturated heterocycles. The number of Topliss-reactive ketones (excluding diaryl/α,β-unsaturated/α-hetero) is 1. The van der Waals surface area contributed by atoms with Gasteiger partial charge < -0.3 is 11.1 Å². The Kier molecular flexibility index (Phi) is 9.42. The van der Waals surface area contributed by atoms with Crippen LogP contribution in [0.15, 0.2) is 24.3 Å². The molecule has 0 aliphatic rings. The zero-order valence-electron chi connectivity index (χ0n) is 14.5. The van der Waals surface area contributed by atoms with Crippen LogP contribution in [0.25, 0.3) is 0 Å². The van der Waals surface area contributed by atoms with Crippen molar-refractivity contribution in [2.24, 2.45) is 5.73 Å². The number of ketones is 1. The molecular weight excluding hydrogens is 304 g/mol. The van der Waals surface area contributed by atoms with Crippen LogP contribution in [0, 0.1) is 0 Å². The lowest BCUT2D eigenvalue weighted by molar-refractivity contribution is -0.125. The maximum Gasteiger partial charge on any atom is 0.248 e. The van der Waals surface area contributed by atoms with E-state index in [0.29, 0.717) is 17.7 Å². The van der Waals surface area contributed by atoms with Gasteiger partial charge in [-0.15, -0.1) is 0 Å². The van der Waals surface area contributed by atoms with E-state index in [1.807, 2.05) is 0 Å². The van der Waals surface area contributed by atoms with E-state index in [0.717, 1.165) is 19.3 Å². The Morgan fingerprint density at radius 2 is 1.67 bits per heavy atom. The highest BCUT2D eigenvalue weighted by Gasteiger charge is 2.10. The van der Waals surface area contributed by atoms with Crippen LogP contribution in [0.5, 0.6) is 0 Å². The molecule has 1 rings (SSSR count). The molecule has 0 aliphatic heterocycles. The fraction of sp³-hybridized carbons (Fsp3) is 0.526. The first-order valence-electron chi connectivity index (χ1n) is 8.74. The van der Waals surface area contributed by atoms with E-state index in [-0.39, 0.29) is 18.1 Å². The predicted molar refractivity (Wildman–Crippen MR) is 95.8 cm³/mol. The van der Waals surface area contributed by atoms with Crippen molar-refractivity contribution in [2.45, 2.75) is 64.7 Å². The largest absolute Gasteiger partial charge is 0.366 e. The first kappa shape index (κ1) is 19.9. The lowest BCUT2D eigenvalue weighted by Gasteiger charge is -2.06. The summed E-state index contributed by atoms with van der Waals surface area (Å²) in [7, 11) is 0. The van der Waals surface area contributed by atoms with Crippen LogP contribution in [-0.4, -0.2) is 17.6 Å². The fourth-order valence-electron chi connectivity index (χ4n) is 2.50. The number of carbonyl (C=O) groups is 3. The third-order valence-electron chi connectivity index (χ3n) is 3.85. The van der Waals surface area contributed by atoms with Gasteiger partial charge >= 0.3 is 0 Å². The molecule has 0 saturated carbocycles. The molecule has 3 N–H and O–H groups in total. The average Bonchev–Trinajstić information content (AvgIpc) is 2.54. The van der Waals surface area contributed by atoms with Gasteiger partial charge in [-0.3, -0.25) is 14.4 Å². The van der Waals surface area contributed by atoms with Crippen molar-refractivity contribution >= 4 is 23.3 Å². The van der Waals surface area contributed by atoms with Crippen molar-refractivity contribution in [3.63, 3.8) is 0 Å². The van der Waals surface area contributed by atoms with Crippen molar-refractivity contribution < 1.29 is 14.4 Å². The fourth-order valence-corrected chi connectivity index (χ4v) is 2.50. The molecule has 1 aromatic rings. The first-order valence-corrected chi connectivity index (χ1v) is 8.74. The summed E-state index contributed by atoms with van der Waals surface area (Å²) in [4.78, 5) is 34.8. The monoisotopic (exact) mass is 332 g/mol. The highest BCUT2D eigenvalue weighted by molar-refractivity contribution is 6.04. The zero-order chi connectivity index (χ0) is 17.8. The second-order valence-electron chi connectivity index (χ2n) is 6.08. The standard InChI is InChI=1S/C19H28N2O3/c1-2-3-4-5-6-7-8-12-17(22)14-18(23)21-16-11-9-10-15(13-16)19(20)24/h9-11,13H,2-8,12,14H2,1H3,(H2,20,24)(H,21,23). The van der Waals surface area contributed by atoms with Gasteiger partial charge in [-0.1, -0.05) is 51.5 Å². The van der Waals surface area contributed by atoms with Gasteiger partial charge in [0, 0.05) is 17.7 Å². The van der Waals surface area contributed by atoms with E-state index < -0.39 is 5.91 Å². The van der Waals surface area contributed by atoms with Gasteiger partial charge in [-0.25, -0.2) is 0 Å². The summed E-state index contributed by atoms with van der Waals surface area (Å²) in [6.07, 6.45) is 8.34. The molecule has 5 heteroatoms. The molecule has 0 aliphatic carbocycles. The molecule has 0 bridgehead atoms. The normalized spacial score (nSPS) is 10.4. The number of unbranched alkanes of at least 4 members (excludes halogenated alkanes) is 6. The lowest BCUT2D eigenvalue weighted by Crippen LogP contribution is -2.17. The van der Waals surface area contributed by atoms with E-state index in [1.54, 1.807) is 18.2 Å². The van der Waals surface area contributed by atoms with E-state index >= 15 is 0 Å². The second-order valence-corrected chi connectivity index (χ2v) is 6.08. The molecule has 1 aromatic carbocycles. The van der Waals surface area contributed by atoms with Crippen LogP contribution >= 0.6 is 0 Å². The van der Waals surface area contributed by atoms with Crippen molar-refractivity contribution in [1.82, 2.24) is 0 Å². The van der Waals surface area contributed by atoms with Gasteiger partial charge in [0.15, 0.2) is 0 Å². The Bertz CT molecular complexity index is 555. The topological polar surface area (TPSA) is 89.3 Å². The molecule has 0 heterocycles. The number of nitrogens with two attached hydrogens (primary N) is 1. The van der Waals surface area contributed by atoms with Crippen LogP contribution < -0.4 is 11.1 Å². The van der Waals surface area contributed by atoms with Gasteiger partial charge in [0.2, 0.25) is 11.8 Å². The smallest absolute Gasteiger partial charge is 0.248 e. The Morgan fingerprint density at radius 1 is 1.00 bits per heavy atom. The van der Waals surface area contributed by atoms with Crippen LogP contribution in [-0.2, 0) is 9.59 Å². The van der Waals surface area contributed by atoms with Crippen molar-refractivity contribution in [2.75, 3.05) is 5.32 Å². The van der Waals surface area contributed by atoms with E-state index in [1.165, 1.54) is 31.7 Å². The number of nitrogens with one attached hydrogen (secondary N) is 1. The number of anilines is 1. The van der Waals surface area contributed by atoms with Crippen LogP contribution in [0.3, 0.4) is 0 Å². The molecule has 0 unspecified atom stereocenters. The SMILES string of the molecule is CCCCCCCCCC(=O)CC(=O)Nc1cccc(C(N)=O)c1. The van der Waals surface area contributed by atoms with Crippen LogP contribution in [0.2, 0.25) is 0 Å². The molecule has 24 heavy (non-hydrogen) atoms. The average molecular weight is 332 g/mol. The van der Waals surface area contributed by atoms with Crippen LogP contribution in [0.1, 0.15) is 75.1 Å². The summed E-state index contributed by atoms with van der Waals surface area (Å²) in [6, 6.07) is 6.37. The van der Waals surface area contributed by atoms with Gasteiger partial charge in [-0.05, 0) is 24.6 Å². The summed E-state index contributed by atoms with van der Waals surface area (Å²) in [5.74, 6) is -0.960. The molecule has 0 radical (unpaired) electrons. The maximum absolute atomic E-state index is 11.9. The Morgan fingerprint density at radius 3 is 2.33 bits per heavy atom. The van der Waals surface area contributed by atoms with Crippen molar-refractivity contribution in [3.05, 3.63) is 29.8 Å². The minimum Gasteiger partial charge on any atom is -0.366 e. The van der Waals surface area contributed by atoms with Gasteiger partial charge in [0.25, 0.3) is 0 Å². The van der Waals surface area contributed by atoms with Crippen LogP contribution in [0.4, 0.5) is 5.69 Å². The molecule has 132 valence electrons. The summed E-state index contributed by atoms with van der Waals surface area (Å²) in [6.45, 7) is 2.19. The van der Waals surface area contributed by atoms with Gasteiger partial charge in [-0.2, -0.15) is 0 Å². The molecule has 0 spiro atoms. The summed E-state index contributed by atoms with van der Waals surface area (Å²) < 4.78 is 0. The second kappa shape index (κ2) is 11.4. The third kappa shape index (κ3) is 8.46. The quantitative estimate of drug-likeness (QED) is 0.450. The Hall–Kier alpha value is -2.17. The number of hydrogen-bond donors (Lipinski definition) is 2. The first-order chi connectivity index (χ1) is 11.5. The zero-order valence-corrected chi connectivity index (χ0v) is 14.5. The molecule has 5 nitrogen and oxygen atoms in total. The number of primary amides is 1. The summed E-state index contributed by atoms with van der Waals surface area (Å²) in [5, 5.41) is 2.63. The minimum absolute atomic E-state index is 0.0490. The molecular formula is C19H28N2O3. The highest BCUT2D eigenvalue weighted by Crippen LogP contribution is 2.12. The lowest BCUT2D eigenvalue weighted by atomic mass is 10.1. The van der Waals surface area contributed by atoms with E-state index in [4.69, 9.17) is 5.73 Å². The van der Waals surface area contributed by atoms with Gasteiger partial charge in [0.05, 0.1) is 6.42 Å². The Balaban J connectivity index is 2.23.